The molecule has 0 saturated carbocycles. The summed E-state index contributed by atoms with van der Waals surface area (Å²) in [7, 11) is 0. The molecule has 1 unspecified atom stereocenters. The van der Waals surface area contributed by atoms with Crippen molar-refractivity contribution < 1.29 is 23.6 Å². The molecule has 0 aliphatic heterocycles. The van der Waals surface area contributed by atoms with E-state index in [0.29, 0.717) is 17.1 Å². The number of amides is 1. The Balaban J connectivity index is 1.65. The number of hydrogen-bond donors (Lipinski definition) is 1. The van der Waals surface area contributed by atoms with Gasteiger partial charge in [0.05, 0.1) is 0 Å². The monoisotopic (exact) mass is 422 g/mol. The summed E-state index contributed by atoms with van der Waals surface area (Å²) in [5.74, 6) is 0.135. The summed E-state index contributed by atoms with van der Waals surface area (Å²) >= 11 is 0. The zero-order valence-corrected chi connectivity index (χ0v) is 18.0. The quantitative estimate of drug-likeness (QED) is 0.561. The van der Waals surface area contributed by atoms with Crippen LogP contribution in [0, 0.1) is 6.92 Å². The largest absolute Gasteiger partial charge is 0.482 e. The van der Waals surface area contributed by atoms with Gasteiger partial charge in [-0.2, -0.15) is 0 Å². The highest BCUT2D eigenvalue weighted by atomic mass is 16.6. The highest BCUT2D eigenvalue weighted by Gasteiger charge is 2.26. The smallest absolute Gasteiger partial charge is 0.345 e. The molecule has 1 aromatic heterocycles. The van der Waals surface area contributed by atoms with E-state index in [1.807, 2.05) is 30.3 Å². The van der Waals surface area contributed by atoms with Gasteiger partial charge in [0, 0.05) is 11.6 Å². The summed E-state index contributed by atoms with van der Waals surface area (Å²) in [6.07, 6.45) is -1.16. The third-order valence-corrected chi connectivity index (χ3v) is 4.55. The summed E-state index contributed by atoms with van der Waals surface area (Å²) in [5.41, 5.74) is 1.71. The molecule has 0 aliphatic carbocycles. The maximum atomic E-state index is 12.8. The van der Waals surface area contributed by atoms with Gasteiger partial charge in [-0.15, -0.1) is 0 Å². The van der Waals surface area contributed by atoms with E-state index in [-0.39, 0.29) is 17.8 Å². The summed E-state index contributed by atoms with van der Waals surface area (Å²) in [6.45, 7) is 7.75. The van der Waals surface area contributed by atoms with Crippen LogP contribution in [0.3, 0.4) is 0 Å². The lowest BCUT2D eigenvalue weighted by Gasteiger charge is -2.19. The number of carbonyl (C=O) groups is 2. The predicted molar refractivity (Wildman–Crippen MR) is 116 cm³/mol. The number of ether oxygens (including phenoxy) is 2. The fraction of sp³-hybridized carbons (Fsp3) is 0.292. The van der Waals surface area contributed by atoms with E-state index in [1.165, 1.54) is 0 Å². The fourth-order valence-electron chi connectivity index (χ4n) is 2.88. The minimum absolute atomic E-state index is 0.0239. The summed E-state index contributed by atoms with van der Waals surface area (Å²) < 4.78 is 15.9. The minimum atomic E-state index is -1.16. The second-order valence-corrected chi connectivity index (χ2v) is 8.16. The number of esters is 1. The van der Waals surface area contributed by atoms with Crippen molar-refractivity contribution in [1.82, 2.24) is 5.16 Å². The van der Waals surface area contributed by atoms with Crippen LogP contribution >= 0.6 is 0 Å². The molecule has 1 heterocycles. The molecule has 31 heavy (non-hydrogen) atoms. The maximum absolute atomic E-state index is 12.8. The highest BCUT2D eigenvalue weighted by Crippen LogP contribution is 2.25. The van der Waals surface area contributed by atoms with Gasteiger partial charge in [-0.05, 0) is 30.0 Å². The number of rotatable bonds is 7. The molecular formula is C24H26N2O5. The summed E-state index contributed by atoms with van der Waals surface area (Å²) in [4.78, 5) is 25.2. The first-order valence-electron chi connectivity index (χ1n) is 9.94. The second kappa shape index (κ2) is 9.47. The van der Waals surface area contributed by atoms with Crippen LogP contribution in [0.1, 0.15) is 43.8 Å². The van der Waals surface area contributed by atoms with Gasteiger partial charge in [0.15, 0.2) is 12.4 Å². The lowest BCUT2D eigenvalue weighted by molar-refractivity contribution is -0.156. The van der Waals surface area contributed by atoms with Crippen LogP contribution in [0.4, 0.5) is 5.82 Å². The SMILES string of the molecule is Cc1cc(NC(=O)C(OC(=O)COc2ccc(C(C)(C)C)cc2)c2ccccc2)no1. The first-order chi connectivity index (χ1) is 14.7. The topological polar surface area (TPSA) is 90.7 Å². The zero-order valence-electron chi connectivity index (χ0n) is 18.0. The Kier molecular flexibility index (Phi) is 6.74. The number of carbonyl (C=O) groups excluding carboxylic acids is 2. The Bertz CT molecular complexity index is 1020. The van der Waals surface area contributed by atoms with Gasteiger partial charge in [-0.1, -0.05) is 68.4 Å². The average molecular weight is 422 g/mol. The number of aryl methyl sites for hydroxylation is 1. The Morgan fingerprint density at radius 3 is 2.32 bits per heavy atom. The highest BCUT2D eigenvalue weighted by molar-refractivity contribution is 5.95. The van der Waals surface area contributed by atoms with E-state index in [4.69, 9.17) is 14.0 Å². The molecule has 0 radical (unpaired) electrons. The number of aromatic nitrogens is 1. The van der Waals surface area contributed by atoms with E-state index in [9.17, 15) is 9.59 Å². The average Bonchev–Trinajstić information content (AvgIpc) is 3.15. The van der Waals surface area contributed by atoms with E-state index in [2.05, 4.69) is 31.2 Å². The van der Waals surface area contributed by atoms with Crippen LogP contribution in [0.2, 0.25) is 0 Å². The third kappa shape index (κ3) is 6.18. The first-order valence-corrected chi connectivity index (χ1v) is 9.94. The zero-order chi connectivity index (χ0) is 22.4. The molecule has 7 nitrogen and oxygen atoms in total. The molecule has 0 saturated heterocycles. The van der Waals surface area contributed by atoms with Crippen molar-refractivity contribution in [2.45, 2.75) is 39.2 Å². The Morgan fingerprint density at radius 2 is 1.74 bits per heavy atom. The van der Waals surface area contributed by atoms with Crippen LogP contribution in [0.25, 0.3) is 0 Å². The molecule has 0 fully saturated rings. The molecule has 1 amide bonds. The van der Waals surface area contributed by atoms with Gasteiger partial charge in [0.2, 0.25) is 6.10 Å². The van der Waals surface area contributed by atoms with Crippen molar-refractivity contribution in [2.24, 2.45) is 0 Å². The van der Waals surface area contributed by atoms with E-state index in [1.54, 1.807) is 37.3 Å². The Hall–Kier alpha value is -3.61. The number of benzene rings is 2. The van der Waals surface area contributed by atoms with Crippen molar-refractivity contribution in [1.29, 1.82) is 0 Å². The van der Waals surface area contributed by atoms with Gasteiger partial charge in [-0.3, -0.25) is 4.79 Å². The molecule has 0 bridgehead atoms. The first kappa shape index (κ1) is 22.1. The van der Waals surface area contributed by atoms with Crippen molar-refractivity contribution in [3.05, 3.63) is 77.6 Å². The van der Waals surface area contributed by atoms with Crippen molar-refractivity contribution in [3.63, 3.8) is 0 Å². The molecule has 0 spiro atoms. The summed E-state index contributed by atoms with van der Waals surface area (Å²) in [6, 6.07) is 17.9. The van der Waals surface area contributed by atoms with Crippen LogP contribution in [-0.2, 0) is 19.7 Å². The van der Waals surface area contributed by atoms with Gasteiger partial charge < -0.3 is 19.3 Å². The predicted octanol–water partition coefficient (Wildman–Crippen LogP) is 4.58. The molecule has 3 aromatic rings. The van der Waals surface area contributed by atoms with Crippen LogP contribution in [0.15, 0.2) is 65.2 Å². The number of hydrogen-bond acceptors (Lipinski definition) is 6. The number of anilines is 1. The normalized spacial score (nSPS) is 12.1. The Labute approximate surface area is 181 Å². The van der Waals surface area contributed by atoms with Crippen LogP contribution < -0.4 is 10.1 Å². The second-order valence-electron chi connectivity index (χ2n) is 8.16. The van der Waals surface area contributed by atoms with Gasteiger partial charge in [0.1, 0.15) is 11.5 Å². The summed E-state index contributed by atoms with van der Waals surface area (Å²) in [5, 5.41) is 6.34. The Morgan fingerprint density at radius 1 is 1.06 bits per heavy atom. The molecule has 1 N–H and O–H groups in total. The molecule has 2 aromatic carbocycles. The number of nitrogens with one attached hydrogen (secondary N) is 1. The van der Waals surface area contributed by atoms with Crippen molar-refractivity contribution in [3.8, 4) is 5.75 Å². The van der Waals surface area contributed by atoms with Crippen LogP contribution in [0.5, 0.6) is 5.75 Å². The lowest BCUT2D eigenvalue weighted by atomic mass is 9.87. The van der Waals surface area contributed by atoms with Gasteiger partial charge >= 0.3 is 5.97 Å². The molecule has 3 rings (SSSR count). The van der Waals surface area contributed by atoms with E-state index >= 15 is 0 Å². The van der Waals surface area contributed by atoms with Crippen molar-refractivity contribution in [2.75, 3.05) is 11.9 Å². The van der Waals surface area contributed by atoms with E-state index in [0.717, 1.165) is 5.56 Å². The maximum Gasteiger partial charge on any atom is 0.345 e. The third-order valence-electron chi connectivity index (χ3n) is 4.55. The molecule has 1 atom stereocenters. The lowest BCUT2D eigenvalue weighted by Crippen LogP contribution is -2.28. The minimum Gasteiger partial charge on any atom is -0.482 e. The van der Waals surface area contributed by atoms with E-state index < -0.39 is 18.0 Å². The number of nitrogens with zero attached hydrogens (tertiary/aromatic N) is 1. The van der Waals surface area contributed by atoms with Crippen LogP contribution in [-0.4, -0.2) is 23.6 Å². The van der Waals surface area contributed by atoms with Gasteiger partial charge in [0.25, 0.3) is 5.91 Å². The fourth-order valence-corrected chi connectivity index (χ4v) is 2.88. The molecule has 0 aliphatic rings. The van der Waals surface area contributed by atoms with Crippen molar-refractivity contribution >= 4 is 17.7 Å². The standard InChI is InChI=1S/C24H26N2O5/c1-16-14-20(26-31-16)25-23(28)22(17-8-6-5-7-9-17)30-21(27)15-29-19-12-10-18(11-13-19)24(2,3)4/h5-14,22H,15H2,1-4H3,(H,25,26,28). The molecular weight excluding hydrogens is 396 g/mol. The molecule has 162 valence electrons. The molecule has 7 heteroatoms. The van der Waals surface area contributed by atoms with Gasteiger partial charge in [-0.25, -0.2) is 4.79 Å².